The molecule has 0 aliphatic heterocycles. The summed E-state index contributed by atoms with van der Waals surface area (Å²) in [6.07, 6.45) is 5.26. The Bertz CT molecular complexity index is 1630. The van der Waals surface area contributed by atoms with Crippen LogP contribution in [0.3, 0.4) is 0 Å². The normalized spacial score (nSPS) is 11.7. The quantitative estimate of drug-likeness (QED) is 0.139. The zero-order chi connectivity index (χ0) is 31.7. The molecule has 4 rings (SSSR count). The lowest BCUT2D eigenvalue weighted by molar-refractivity contribution is 0.134. The Morgan fingerprint density at radius 1 is 1.09 bits per heavy atom. The molecule has 1 aromatic carbocycles. The summed E-state index contributed by atoms with van der Waals surface area (Å²) in [6.45, 7) is 11.1. The Kier molecular flexibility index (Phi) is 11.5. The molecule has 0 saturated carbocycles. The van der Waals surface area contributed by atoms with Crippen molar-refractivity contribution in [2.75, 3.05) is 31.4 Å². The summed E-state index contributed by atoms with van der Waals surface area (Å²) in [5.74, 6) is 0.959. The van der Waals surface area contributed by atoms with Crippen LogP contribution in [-0.2, 0) is 39.1 Å². The molecule has 238 valence electrons. The monoisotopic (exact) mass is 626 g/mol. The van der Waals surface area contributed by atoms with Gasteiger partial charge in [-0.3, -0.25) is 4.98 Å². The maximum atomic E-state index is 14.2. The van der Waals surface area contributed by atoms with Crippen LogP contribution in [0.1, 0.15) is 68.2 Å². The van der Waals surface area contributed by atoms with E-state index in [2.05, 4.69) is 27.1 Å². The number of aromatic nitrogens is 5. The maximum Gasteiger partial charge on any atom is 0.335 e. The van der Waals surface area contributed by atoms with Gasteiger partial charge >= 0.3 is 6.01 Å². The van der Waals surface area contributed by atoms with E-state index in [1.54, 1.807) is 26.1 Å². The summed E-state index contributed by atoms with van der Waals surface area (Å²) in [5, 5.41) is 8.57. The molecule has 0 amide bonds. The Balaban J connectivity index is 1.76. The van der Waals surface area contributed by atoms with Crippen molar-refractivity contribution in [3.05, 3.63) is 64.7 Å². The van der Waals surface area contributed by atoms with Crippen LogP contribution in [-0.4, -0.2) is 60.4 Å². The third-order valence-electron chi connectivity index (χ3n) is 7.08. The number of unbranched alkanes of at least 4 members (excludes halogenated alkanes) is 1. The molecule has 0 aliphatic rings. The number of ether oxygens (including phenoxy) is 3. The van der Waals surface area contributed by atoms with Gasteiger partial charge in [-0.2, -0.15) is 4.98 Å². The zero-order valence-electron chi connectivity index (χ0n) is 26.4. The van der Waals surface area contributed by atoms with Crippen LogP contribution in [0.15, 0.2) is 45.9 Å². The molecule has 44 heavy (non-hydrogen) atoms. The molecule has 4 aromatic rings. The van der Waals surface area contributed by atoms with Gasteiger partial charge < -0.3 is 18.7 Å². The molecular formula is C31H42N6O6S. The number of rotatable bonds is 17. The number of benzene rings is 1. The van der Waals surface area contributed by atoms with Gasteiger partial charge in [0.15, 0.2) is 0 Å². The minimum absolute atomic E-state index is 0.00634. The van der Waals surface area contributed by atoms with Crippen LogP contribution < -0.4 is 9.04 Å². The minimum Gasteiger partial charge on any atom is -0.462 e. The Hall–Kier alpha value is -3.81. The van der Waals surface area contributed by atoms with Gasteiger partial charge in [-0.25, -0.2) is 17.4 Å². The van der Waals surface area contributed by atoms with Crippen molar-refractivity contribution in [3.63, 3.8) is 0 Å². The molecular weight excluding hydrogens is 584 g/mol. The second-order valence-corrected chi connectivity index (χ2v) is 12.2. The molecule has 3 heterocycles. The van der Waals surface area contributed by atoms with Crippen LogP contribution >= 0.6 is 0 Å². The van der Waals surface area contributed by atoms with Gasteiger partial charge in [-0.15, -0.1) is 5.10 Å². The first-order chi connectivity index (χ1) is 21.2. The third kappa shape index (κ3) is 7.45. The first-order valence-electron chi connectivity index (χ1n) is 14.9. The summed E-state index contributed by atoms with van der Waals surface area (Å²) in [6, 6.07) is 9.34. The van der Waals surface area contributed by atoms with Crippen molar-refractivity contribution < 1.29 is 27.2 Å². The van der Waals surface area contributed by atoms with Gasteiger partial charge in [-0.1, -0.05) is 43.6 Å². The Labute approximate surface area is 259 Å². The topological polar surface area (TPSA) is 135 Å². The lowest BCUT2D eigenvalue weighted by Gasteiger charge is -2.22. The molecule has 0 radical (unpaired) electrons. The second kappa shape index (κ2) is 15.3. The van der Waals surface area contributed by atoms with Crippen LogP contribution in [0.2, 0.25) is 0 Å². The number of aryl methyl sites for hydroxylation is 2. The highest BCUT2D eigenvalue weighted by atomic mass is 32.2. The van der Waals surface area contributed by atoms with Crippen LogP contribution in [0, 0.1) is 13.8 Å². The van der Waals surface area contributed by atoms with Crippen molar-refractivity contribution >= 4 is 15.9 Å². The van der Waals surface area contributed by atoms with Gasteiger partial charge in [0.2, 0.25) is 5.88 Å². The van der Waals surface area contributed by atoms with E-state index in [-0.39, 0.29) is 24.1 Å². The smallest absolute Gasteiger partial charge is 0.335 e. The molecule has 0 spiro atoms. The summed E-state index contributed by atoms with van der Waals surface area (Å²) in [5.41, 5.74) is 3.88. The number of pyridine rings is 1. The van der Waals surface area contributed by atoms with Crippen LogP contribution in [0.4, 0.5) is 5.88 Å². The number of sulfonamides is 1. The number of hydrogen-bond donors (Lipinski definition) is 0. The molecule has 12 nitrogen and oxygen atoms in total. The van der Waals surface area contributed by atoms with Crippen LogP contribution in [0.5, 0.6) is 6.01 Å². The summed E-state index contributed by atoms with van der Waals surface area (Å²) >= 11 is 0. The van der Waals surface area contributed by atoms with Crippen molar-refractivity contribution in [1.82, 2.24) is 24.9 Å². The summed E-state index contributed by atoms with van der Waals surface area (Å²) in [4.78, 5) is 9.18. The minimum atomic E-state index is -4.18. The van der Waals surface area contributed by atoms with Crippen molar-refractivity contribution in [2.24, 2.45) is 0 Å². The molecule has 13 heteroatoms. The lowest BCUT2D eigenvalue weighted by Crippen LogP contribution is -2.33. The third-order valence-corrected chi connectivity index (χ3v) is 8.82. The average Bonchev–Trinajstić information content (AvgIpc) is 3.57. The SMILES string of the molecule is CCCCc1nc(OCCC)nn1Cc1ccc(-c2ncccc2S(=O)(=O)N(COC)c2onc(C)c2C)c(COCC)c1. The van der Waals surface area contributed by atoms with Gasteiger partial charge in [-0.05, 0) is 56.9 Å². The lowest BCUT2D eigenvalue weighted by atomic mass is 10.0. The maximum absolute atomic E-state index is 14.2. The molecule has 0 saturated heterocycles. The standard InChI is InChI=1S/C31H42N6O6S/c1-7-10-13-28-33-31(42-17-8-2)34-36(28)19-24-14-15-26(25(18-24)20-41-9-3)29-27(12-11-16-32-29)44(38,39)37(21-40-6)30-22(4)23(5)35-43-30/h11-12,14-16,18H,7-10,13,17,19-21H2,1-6H3. The predicted molar refractivity (Wildman–Crippen MR) is 166 cm³/mol. The van der Waals surface area contributed by atoms with Gasteiger partial charge in [0, 0.05) is 37.5 Å². The fourth-order valence-electron chi connectivity index (χ4n) is 4.64. The second-order valence-electron chi connectivity index (χ2n) is 10.4. The largest absolute Gasteiger partial charge is 0.462 e. The van der Waals surface area contributed by atoms with E-state index >= 15 is 0 Å². The van der Waals surface area contributed by atoms with E-state index in [1.165, 1.54) is 13.2 Å². The Morgan fingerprint density at radius 3 is 2.59 bits per heavy atom. The fourth-order valence-corrected chi connectivity index (χ4v) is 6.17. The summed E-state index contributed by atoms with van der Waals surface area (Å²) < 4.78 is 53.5. The zero-order valence-corrected chi connectivity index (χ0v) is 27.2. The summed E-state index contributed by atoms with van der Waals surface area (Å²) in [7, 11) is -2.76. The number of nitrogens with zero attached hydrogens (tertiary/aromatic N) is 6. The van der Waals surface area contributed by atoms with Gasteiger partial charge in [0.05, 0.1) is 31.1 Å². The molecule has 0 unspecified atom stereocenters. The molecule has 0 fully saturated rings. The number of anilines is 1. The number of methoxy groups -OCH3 is 1. The van der Waals surface area contributed by atoms with E-state index < -0.39 is 10.0 Å². The van der Waals surface area contributed by atoms with Crippen molar-refractivity contribution in [2.45, 2.75) is 78.3 Å². The highest BCUT2D eigenvalue weighted by Gasteiger charge is 2.33. The van der Waals surface area contributed by atoms with Crippen molar-refractivity contribution in [1.29, 1.82) is 0 Å². The first-order valence-corrected chi connectivity index (χ1v) is 16.3. The molecule has 0 aliphatic carbocycles. The van der Waals surface area contributed by atoms with Crippen molar-refractivity contribution in [3.8, 4) is 17.3 Å². The van der Waals surface area contributed by atoms with E-state index in [1.807, 2.05) is 36.7 Å². The highest BCUT2D eigenvalue weighted by Crippen LogP contribution is 2.34. The number of hydrogen-bond acceptors (Lipinski definition) is 10. The molecule has 0 N–H and O–H groups in total. The fraction of sp³-hybridized carbons (Fsp3) is 0.484. The highest BCUT2D eigenvalue weighted by molar-refractivity contribution is 7.93. The van der Waals surface area contributed by atoms with Gasteiger partial charge in [0.1, 0.15) is 17.5 Å². The van der Waals surface area contributed by atoms with E-state index in [9.17, 15) is 8.42 Å². The average molecular weight is 627 g/mol. The van der Waals surface area contributed by atoms with Crippen LogP contribution in [0.25, 0.3) is 11.3 Å². The van der Waals surface area contributed by atoms with E-state index in [4.69, 9.17) is 18.7 Å². The Morgan fingerprint density at radius 2 is 1.91 bits per heavy atom. The first kappa shape index (κ1) is 33.1. The van der Waals surface area contributed by atoms with Gasteiger partial charge in [0.25, 0.3) is 10.0 Å². The van der Waals surface area contributed by atoms with E-state index in [0.29, 0.717) is 48.3 Å². The van der Waals surface area contributed by atoms with E-state index in [0.717, 1.165) is 46.9 Å². The molecule has 0 bridgehead atoms. The molecule has 3 aromatic heterocycles. The molecule has 0 atom stereocenters. The predicted octanol–water partition coefficient (Wildman–Crippen LogP) is 5.46.